The molecule has 1 heterocycles. The summed E-state index contributed by atoms with van der Waals surface area (Å²) in [5.74, 6) is 0.796. The van der Waals surface area contributed by atoms with E-state index in [0.717, 1.165) is 29.7 Å². The van der Waals surface area contributed by atoms with Gasteiger partial charge in [0.15, 0.2) is 5.13 Å². The molecule has 0 bridgehead atoms. The number of aromatic nitrogens is 1. The van der Waals surface area contributed by atoms with Gasteiger partial charge in [0.25, 0.3) is 0 Å². The second kappa shape index (κ2) is 4.86. The lowest BCUT2D eigenvalue weighted by atomic mass is 10.4. The van der Waals surface area contributed by atoms with Crippen LogP contribution in [0.5, 0.6) is 0 Å². The third-order valence-corrected chi connectivity index (χ3v) is 3.81. The molecule has 1 aromatic heterocycles. The van der Waals surface area contributed by atoms with E-state index < -0.39 is 0 Å². The molecular weight excluding hydrogens is 200 g/mol. The fourth-order valence-corrected chi connectivity index (χ4v) is 2.66. The summed E-state index contributed by atoms with van der Waals surface area (Å²) < 4.78 is 0. The highest BCUT2D eigenvalue weighted by Crippen LogP contribution is 2.26. The van der Waals surface area contributed by atoms with Crippen LogP contribution in [0.25, 0.3) is 0 Å². The lowest BCUT2D eigenvalue weighted by Crippen LogP contribution is -2.21. The van der Waals surface area contributed by atoms with Crippen molar-refractivity contribution in [2.45, 2.75) is 26.5 Å². The van der Waals surface area contributed by atoms with Crippen LogP contribution in [-0.4, -0.2) is 18.1 Å². The van der Waals surface area contributed by atoms with Crippen LogP contribution in [0.1, 0.15) is 24.4 Å². The summed E-state index contributed by atoms with van der Waals surface area (Å²) in [6.45, 7) is 8.40. The van der Waals surface area contributed by atoms with Gasteiger partial charge >= 0.3 is 0 Å². The summed E-state index contributed by atoms with van der Waals surface area (Å²) in [7, 11) is 0. The van der Waals surface area contributed by atoms with E-state index >= 15 is 0 Å². The Morgan fingerprint density at radius 3 is 2.38 bits per heavy atom. The number of thiol groups is 1. The van der Waals surface area contributed by atoms with Gasteiger partial charge in [-0.15, -0.1) is 11.3 Å². The van der Waals surface area contributed by atoms with E-state index in [1.54, 1.807) is 11.3 Å². The van der Waals surface area contributed by atoms with Crippen LogP contribution in [-0.2, 0) is 5.75 Å². The Hall–Kier alpha value is -0.220. The fraction of sp³-hybridized carbons (Fsp3) is 0.667. The summed E-state index contributed by atoms with van der Waals surface area (Å²) in [4.78, 5) is 8.07. The maximum Gasteiger partial charge on any atom is 0.185 e. The maximum absolute atomic E-state index is 4.52. The summed E-state index contributed by atoms with van der Waals surface area (Å²) >= 11 is 6.03. The standard InChI is InChI=1S/C9H16N2S2/c1-4-11(5-2)9-10-7(3)8(6-12)13-9/h12H,4-6H2,1-3H3. The molecule has 0 aliphatic rings. The van der Waals surface area contributed by atoms with Crippen LogP contribution in [0.2, 0.25) is 0 Å². The second-order valence-electron chi connectivity index (χ2n) is 2.84. The highest BCUT2D eigenvalue weighted by Gasteiger charge is 2.09. The van der Waals surface area contributed by atoms with Crippen LogP contribution < -0.4 is 4.90 Å². The predicted octanol–water partition coefficient (Wildman–Crippen LogP) is 2.73. The Bertz CT molecular complexity index is 267. The zero-order valence-corrected chi connectivity index (χ0v) is 10.1. The molecule has 13 heavy (non-hydrogen) atoms. The third-order valence-electron chi connectivity index (χ3n) is 2.06. The summed E-state index contributed by atoms with van der Waals surface area (Å²) in [5.41, 5.74) is 1.13. The zero-order chi connectivity index (χ0) is 9.84. The van der Waals surface area contributed by atoms with E-state index in [-0.39, 0.29) is 0 Å². The largest absolute Gasteiger partial charge is 0.349 e. The van der Waals surface area contributed by atoms with E-state index in [9.17, 15) is 0 Å². The topological polar surface area (TPSA) is 16.1 Å². The number of anilines is 1. The van der Waals surface area contributed by atoms with E-state index in [4.69, 9.17) is 0 Å². The monoisotopic (exact) mass is 216 g/mol. The smallest absolute Gasteiger partial charge is 0.185 e. The van der Waals surface area contributed by atoms with Crippen LogP contribution in [0.3, 0.4) is 0 Å². The molecule has 74 valence electrons. The molecule has 0 radical (unpaired) electrons. The first-order valence-electron chi connectivity index (χ1n) is 4.55. The minimum atomic E-state index is 0.796. The third kappa shape index (κ3) is 2.38. The van der Waals surface area contributed by atoms with Crippen LogP contribution in [0.4, 0.5) is 5.13 Å². The van der Waals surface area contributed by atoms with Crippen LogP contribution in [0, 0.1) is 6.92 Å². The van der Waals surface area contributed by atoms with Crippen molar-refractivity contribution in [2.24, 2.45) is 0 Å². The molecule has 0 aromatic carbocycles. The van der Waals surface area contributed by atoms with Crippen molar-refractivity contribution in [3.63, 3.8) is 0 Å². The molecule has 0 N–H and O–H groups in total. The summed E-state index contributed by atoms with van der Waals surface area (Å²) in [5, 5.41) is 1.13. The van der Waals surface area contributed by atoms with Gasteiger partial charge in [0.2, 0.25) is 0 Å². The molecule has 2 nitrogen and oxygen atoms in total. The number of thiazole rings is 1. The molecule has 1 rings (SSSR count). The van der Waals surface area contributed by atoms with E-state index in [2.05, 4.69) is 43.3 Å². The van der Waals surface area contributed by atoms with Crippen molar-refractivity contribution in [1.29, 1.82) is 0 Å². The number of hydrogen-bond donors (Lipinski definition) is 1. The van der Waals surface area contributed by atoms with Crippen molar-refractivity contribution >= 4 is 29.1 Å². The summed E-state index contributed by atoms with van der Waals surface area (Å²) in [6, 6.07) is 0. The molecule has 0 amide bonds. The SMILES string of the molecule is CCN(CC)c1nc(C)c(CS)s1. The van der Waals surface area contributed by atoms with E-state index in [0.29, 0.717) is 0 Å². The first-order valence-corrected chi connectivity index (χ1v) is 5.99. The average Bonchev–Trinajstić information content (AvgIpc) is 2.49. The van der Waals surface area contributed by atoms with Gasteiger partial charge < -0.3 is 4.90 Å². The lowest BCUT2D eigenvalue weighted by molar-refractivity contribution is 0.857. The van der Waals surface area contributed by atoms with Crippen molar-refractivity contribution in [3.8, 4) is 0 Å². The van der Waals surface area contributed by atoms with Gasteiger partial charge in [-0.05, 0) is 20.8 Å². The molecule has 1 aromatic rings. The molecule has 4 heteroatoms. The molecule has 0 aliphatic carbocycles. The highest BCUT2D eigenvalue weighted by molar-refractivity contribution is 7.79. The molecule has 0 unspecified atom stereocenters. The normalized spacial score (nSPS) is 10.5. The Morgan fingerprint density at radius 2 is 2.00 bits per heavy atom. The minimum Gasteiger partial charge on any atom is -0.349 e. The first kappa shape index (κ1) is 10.9. The van der Waals surface area contributed by atoms with Crippen LogP contribution in [0.15, 0.2) is 0 Å². The number of rotatable bonds is 4. The summed E-state index contributed by atoms with van der Waals surface area (Å²) in [6.07, 6.45) is 0. The number of hydrogen-bond acceptors (Lipinski definition) is 4. The molecule has 0 fully saturated rings. The fourth-order valence-electron chi connectivity index (χ4n) is 1.19. The second-order valence-corrected chi connectivity index (χ2v) is 4.21. The Labute approximate surface area is 89.4 Å². The maximum atomic E-state index is 4.52. The Balaban J connectivity index is 2.88. The Morgan fingerprint density at radius 1 is 1.38 bits per heavy atom. The molecule has 0 spiro atoms. The molecule has 0 atom stereocenters. The highest BCUT2D eigenvalue weighted by atomic mass is 32.1. The van der Waals surface area contributed by atoms with E-state index in [1.165, 1.54) is 4.88 Å². The average molecular weight is 216 g/mol. The van der Waals surface area contributed by atoms with Crippen molar-refractivity contribution in [2.75, 3.05) is 18.0 Å². The first-order chi connectivity index (χ1) is 6.22. The van der Waals surface area contributed by atoms with Crippen molar-refractivity contribution in [1.82, 2.24) is 4.98 Å². The van der Waals surface area contributed by atoms with Gasteiger partial charge in [-0.25, -0.2) is 4.98 Å². The Kier molecular flexibility index (Phi) is 4.06. The minimum absolute atomic E-state index is 0.796. The molecule has 0 aliphatic heterocycles. The quantitative estimate of drug-likeness (QED) is 0.779. The molecule has 0 saturated carbocycles. The van der Waals surface area contributed by atoms with Gasteiger partial charge in [-0.1, -0.05) is 0 Å². The van der Waals surface area contributed by atoms with Crippen LogP contribution >= 0.6 is 24.0 Å². The van der Waals surface area contributed by atoms with Gasteiger partial charge in [0, 0.05) is 23.7 Å². The zero-order valence-electron chi connectivity index (χ0n) is 8.37. The lowest BCUT2D eigenvalue weighted by Gasteiger charge is -2.16. The van der Waals surface area contributed by atoms with Gasteiger partial charge in [0.05, 0.1) is 5.69 Å². The number of aryl methyl sites for hydroxylation is 1. The van der Waals surface area contributed by atoms with Gasteiger partial charge in [-0.3, -0.25) is 0 Å². The molecular formula is C9H16N2S2. The number of nitrogens with zero attached hydrogens (tertiary/aromatic N) is 2. The van der Waals surface area contributed by atoms with Crippen molar-refractivity contribution in [3.05, 3.63) is 10.6 Å². The van der Waals surface area contributed by atoms with Gasteiger partial charge in [-0.2, -0.15) is 12.6 Å². The van der Waals surface area contributed by atoms with Gasteiger partial charge in [0.1, 0.15) is 0 Å². The van der Waals surface area contributed by atoms with Crippen molar-refractivity contribution < 1.29 is 0 Å². The van der Waals surface area contributed by atoms with E-state index in [1.807, 2.05) is 0 Å². The molecule has 0 saturated heterocycles. The predicted molar refractivity (Wildman–Crippen MR) is 63.1 cm³/mol.